The van der Waals surface area contributed by atoms with Crippen LogP contribution in [0.15, 0.2) is 18.8 Å². The quantitative estimate of drug-likeness (QED) is 0.488. The standard InChI is InChI=1S/C15H22N4O3/c1-11(15(20)21)12-8-13(14(16)18-10-12)9-17-2-3-19-4-6-22-7-5-19/h8,10,17H,1-7,9H2,(H2,16,18)(H,20,21). The Bertz CT molecular complexity index is 542. The molecular weight excluding hydrogens is 284 g/mol. The molecule has 0 atom stereocenters. The van der Waals surface area contributed by atoms with Crippen LogP contribution in [0.4, 0.5) is 5.82 Å². The maximum absolute atomic E-state index is 10.9. The van der Waals surface area contributed by atoms with Gasteiger partial charge >= 0.3 is 5.97 Å². The molecule has 0 unspecified atom stereocenters. The van der Waals surface area contributed by atoms with Gasteiger partial charge in [0.15, 0.2) is 0 Å². The third-order valence-corrected chi connectivity index (χ3v) is 3.63. The fraction of sp³-hybridized carbons (Fsp3) is 0.467. The fourth-order valence-electron chi connectivity index (χ4n) is 2.24. The number of morpholine rings is 1. The highest BCUT2D eigenvalue weighted by molar-refractivity contribution is 6.14. The van der Waals surface area contributed by atoms with Crippen molar-refractivity contribution >= 4 is 17.4 Å². The average Bonchev–Trinajstić information content (AvgIpc) is 2.53. The maximum atomic E-state index is 10.9. The number of carbonyl (C=O) groups is 1. The number of nitrogen functional groups attached to an aromatic ring is 1. The number of pyridine rings is 1. The van der Waals surface area contributed by atoms with Gasteiger partial charge in [-0.25, -0.2) is 9.78 Å². The van der Waals surface area contributed by atoms with Crippen LogP contribution in [0.2, 0.25) is 0 Å². The molecule has 0 amide bonds. The number of anilines is 1. The second-order valence-corrected chi connectivity index (χ2v) is 5.18. The Labute approximate surface area is 129 Å². The van der Waals surface area contributed by atoms with Crippen molar-refractivity contribution in [2.45, 2.75) is 6.54 Å². The molecule has 0 saturated carbocycles. The number of carboxylic acids is 1. The first-order valence-electron chi connectivity index (χ1n) is 7.25. The SMILES string of the molecule is C=C(C(=O)O)c1cnc(N)c(CNCCN2CCOCC2)c1. The fourth-order valence-corrected chi connectivity index (χ4v) is 2.24. The van der Waals surface area contributed by atoms with Gasteiger partial charge in [0, 0.05) is 50.0 Å². The number of nitrogens with two attached hydrogens (primary N) is 1. The first kappa shape index (κ1) is 16.4. The van der Waals surface area contributed by atoms with Crippen LogP contribution in [-0.2, 0) is 16.1 Å². The van der Waals surface area contributed by atoms with Gasteiger partial charge in [-0.2, -0.15) is 0 Å². The summed E-state index contributed by atoms with van der Waals surface area (Å²) in [6, 6.07) is 1.72. The topological polar surface area (TPSA) is 101 Å². The minimum Gasteiger partial charge on any atom is -0.478 e. The van der Waals surface area contributed by atoms with Crippen LogP contribution < -0.4 is 11.1 Å². The first-order chi connectivity index (χ1) is 10.6. The van der Waals surface area contributed by atoms with Crippen molar-refractivity contribution in [2.75, 3.05) is 45.1 Å². The molecule has 2 heterocycles. The molecule has 0 spiro atoms. The van der Waals surface area contributed by atoms with E-state index < -0.39 is 5.97 Å². The number of nitrogens with one attached hydrogen (secondary N) is 1. The summed E-state index contributed by atoms with van der Waals surface area (Å²) >= 11 is 0. The van der Waals surface area contributed by atoms with E-state index in [1.54, 1.807) is 6.07 Å². The molecule has 120 valence electrons. The molecule has 0 aromatic carbocycles. The van der Waals surface area contributed by atoms with Gasteiger partial charge in [0.1, 0.15) is 5.82 Å². The molecule has 1 aromatic rings. The number of aromatic nitrogens is 1. The van der Waals surface area contributed by atoms with Gasteiger partial charge in [-0.05, 0) is 6.07 Å². The van der Waals surface area contributed by atoms with E-state index in [1.165, 1.54) is 6.20 Å². The molecule has 1 aliphatic rings. The van der Waals surface area contributed by atoms with E-state index in [0.717, 1.165) is 45.0 Å². The highest BCUT2D eigenvalue weighted by Gasteiger charge is 2.11. The number of carboxylic acid groups (broad SMARTS) is 1. The van der Waals surface area contributed by atoms with Crippen LogP contribution in [0.3, 0.4) is 0 Å². The number of aliphatic carboxylic acids is 1. The van der Waals surface area contributed by atoms with Crippen molar-refractivity contribution in [3.05, 3.63) is 30.0 Å². The third kappa shape index (κ3) is 4.52. The van der Waals surface area contributed by atoms with E-state index in [2.05, 4.69) is 21.8 Å². The molecule has 4 N–H and O–H groups in total. The van der Waals surface area contributed by atoms with Crippen LogP contribution in [0, 0.1) is 0 Å². The Balaban J connectivity index is 1.85. The first-order valence-corrected chi connectivity index (χ1v) is 7.25. The predicted molar refractivity (Wildman–Crippen MR) is 84.3 cm³/mol. The third-order valence-electron chi connectivity index (χ3n) is 3.63. The van der Waals surface area contributed by atoms with Crippen LogP contribution in [0.1, 0.15) is 11.1 Å². The summed E-state index contributed by atoms with van der Waals surface area (Å²) in [5, 5.41) is 12.3. The van der Waals surface area contributed by atoms with Gasteiger partial charge in [-0.1, -0.05) is 6.58 Å². The Kier molecular flexibility index (Phi) is 5.88. The summed E-state index contributed by atoms with van der Waals surface area (Å²) in [6.07, 6.45) is 1.43. The number of nitrogens with zero attached hydrogens (tertiary/aromatic N) is 2. The van der Waals surface area contributed by atoms with E-state index in [-0.39, 0.29) is 5.57 Å². The summed E-state index contributed by atoms with van der Waals surface area (Å²) in [4.78, 5) is 17.3. The second-order valence-electron chi connectivity index (χ2n) is 5.18. The van der Waals surface area contributed by atoms with E-state index in [1.807, 2.05) is 0 Å². The lowest BCUT2D eigenvalue weighted by Crippen LogP contribution is -2.40. The molecule has 1 saturated heterocycles. The number of rotatable bonds is 7. The van der Waals surface area contributed by atoms with Gasteiger partial charge in [0.2, 0.25) is 0 Å². The Morgan fingerprint density at radius 3 is 2.91 bits per heavy atom. The van der Waals surface area contributed by atoms with Gasteiger partial charge < -0.3 is 20.9 Å². The lowest BCUT2D eigenvalue weighted by Gasteiger charge is -2.26. The summed E-state index contributed by atoms with van der Waals surface area (Å²) in [5.41, 5.74) is 7.11. The predicted octanol–water partition coefficient (Wildman–Crippen LogP) is 0.183. The Morgan fingerprint density at radius 2 is 2.23 bits per heavy atom. The Hall–Kier alpha value is -1.96. The smallest absolute Gasteiger partial charge is 0.335 e. The van der Waals surface area contributed by atoms with Crippen LogP contribution in [-0.4, -0.2) is 60.4 Å². The maximum Gasteiger partial charge on any atom is 0.335 e. The zero-order valence-corrected chi connectivity index (χ0v) is 12.5. The van der Waals surface area contributed by atoms with Gasteiger partial charge in [0.05, 0.1) is 18.8 Å². The van der Waals surface area contributed by atoms with Crippen molar-refractivity contribution in [3.8, 4) is 0 Å². The minimum atomic E-state index is -1.06. The molecular formula is C15H22N4O3. The lowest BCUT2D eigenvalue weighted by atomic mass is 10.1. The molecule has 0 aliphatic carbocycles. The van der Waals surface area contributed by atoms with E-state index in [4.69, 9.17) is 15.6 Å². The van der Waals surface area contributed by atoms with Gasteiger partial charge in [0.25, 0.3) is 0 Å². The zero-order chi connectivity index (χ0) is 15.9. The Morgan fingerprint density at radius 1 is 1.50 bits per heavy atom. The molecule has 22 heavy (non-hydrogen) atoms. The van der Waals surface area contributed by atoms with Crippen LogP contribution >= 0.6 is 0 Å². The largest absolute Gasteiger partial charge is 0.478 e. The number of hydrogen-bond acceptors (Lipinski definition) is 6. The number of ether oxygens (including phenoxy) is 1. The molecule has 0 bridgehead atoms. The van der Waals surface area contributed by atoms with Crippen molar-refractivity contribution in [2.24, 2.45) is 0 Å². The van der Waals surface area contributed by atoms with Gasteiger partial charge in [-0.3, -0.25) is 4.90 Å². The van der Waals surface area contributed by atoms with Crippen molar-refractivity contribution in [1.29, 1.82) is 0 Å². The summed E-state index contributed by atoms with van der Waals surface area (Å²) < 4.78 is 5.30. The molecule has 1 fully saturated rings. The molecule has 0 radical (unpaired) electrons. The van der Waals surface area contributed by atoms with E-state index >= 15 is 0 Å². The normalized spacial score (nSPS) is 15.6. The molecule has 1 aromatic heterocycles. The molecule has 2 rings (SSSR count). The van der Waals surface area contributed by atoms with Gasteiger partial charge in [-0.15, -0.1) is 0 Å². The van der Waals surface area contributed by atoms with Crippen LogP contribution in [0.5, 0.6) is 0 Å². The lowest BCUT2D eigenvalue weighted by molar-refractivity contribution is -0.130. The van der Waals surface area contributed by atoms with E-state index in [0.29, 0.717) is 17.9 Å². The zero-order valence-electron chi connectivity index (χ0n) is 12.5. The molecule has 1 aliphatic heterocycles. The van der Waals surface area contributed by atoms with Crippen molar-refractivity contribution < 1.29 is 14.6 Å². The highest BCUT2D eigenvalue weighted by atomic mass is 16.5. The summed E-state index contributed by atoms with van der Waals surface area (Å²) in [6.45, 7) is 9.34. The van der Waals surface area contributed by atoms with Crippen molar-refractivity contribution in [1.82, 2.24) is 15.2 Å². The summed E-state index contributed by atoms with van der Waals surface area (Å²) in [7, 11) is 0. The minimum absolute atomic E-state index is 0.0158. The average molecular weight is 306 g/mol. The second kappa shape index (κ2) is 7.88. The summed E-state index contributed by atoms with van der Waals surface area (Å²) in [5.74, 6) is -0.654. The monoisotopic (exact) mass is 306 g/mol. The van der Waals surface area contributed by atoms with Crippen LogP contribution in [0.25, 0.3) is 5.57 Å². The van der Waals surface area contributed by atoms with Crippen molar-refractivity contribution in [3.63, 3.8) is 0 Å². The van der Waals surface area contributed by atoms with E-state index in [9.17, 15) is 4.79 Å². The highest BCUT2D eigenvalue weighted by Crippen LogP contribution is 2.17. The molecule has 7 nitrogen and oxygen atoms in total. The number of hydrogen-bond donors (Lipinski definition) is 3. The molecule has 7 heteroatoms.